The molecule has 1 unspecified atom stereocenters. The van der Waals surface area contributed by atoms with Gasteiger partial charge in [0.05, 0.1) is 5.69 Å². The molecule has 0 aliphatic heterocycles. The molecular formula is C13H15BrFN. The van der Waals surface area contributed by atoms with Gasteiger partial charge in [0, 0.05) is 11.0 Å². The van der Waals surface area contributed by atoms with Gasteiger partial charge in [-0.05, 0) is 53.2 Å². The summed E-state index contributed by atoms with van der Waals surface area (Å²) in [6, 6.07) is 5.04. The molecule has 0 saturated heterocycles. The summed E-state index contributed by atoms with van der Waals surface area (Å²) in [6.45, 7) is 0.837. The molecule has 0 amide bonds. The monoisotopic (exact) mass is 283 g/mol. The second-order valence-electron chi connectivity index (χ2n) is 4.13. The summed E-state index contributed by atoms with van der Waals surface area (Å²) in [6.07, 6.45) is 7.86. The smallest absolute Gasteiger partial charge is 0.147 e. The highest BCUT2D eigenvalue weighted by Gasteiger charge is 2.11. The molecule has 0 bridgehead atoms. The molecule has 1 aromatic rings. The van der Waals surface area contributed by atoms with Crippen LogP contribution in [0.25, 0.3) is 0 Å². The van der Waals surface area contributed by atoms with E-state index in [0.29, 0.717) is 11.6 Å². The Hall–Kier alpha value is -0.830. The van der Waals surface area contributed by atoms with E-state index in [1.165, 1.54) is 12.5 Å². The van der Waals surface area contributed by atoms with Gasteiger partial charge in [0.2, 0.25) is 0 Å². The maximum atomic E-state index is 13.5. The second-order valence-corrected chi connectivity index (χ2v) is 4.98. The van der Waals surface area contributed by atoms with E-state index >= 15 is 0 Å². The molecule has 86 valence electrons. The molecule has 16 heavy (non-hydrogen) atoms. The van der Waals surface area contributed by atoms with Crippen molar-refractivity contribution in [2.24, 2.45) is 5.92 Å². The number of hydrogen-bond acceptors (Lipinski definition) is 1. The van der Waals surface area contributed by atoms with Gasteiger partial charge in [-0.15, -0.1) is 0 Å². The molecule has 1 N–H and O–H groups in total. The van der Waals surface area contributed by atoms with E-state index in [1.807, 2.05) is 6.07 Å². The molecule has 1 atom stereocenters. The number of anilines is 1. The number of nitrogens with one attached hydrogen (secondary N) is 1. The van der Waals surface area contributed by atoms with Crippen LogP contribution in [0.3, 0.4) is 0 Å². The molecule has 0 fully saturated rings. The average Bonchev–Trinajstić information content (AvgIpc) is 2.30. The van der Waals surface area contributed by atoms with Gasteiger partial charge in [0.15, 0.2) is 0 Å². The quantitative estimate of drug-likeness (QED) is 0.813. The third kappa shape index (κ3) is 2.85. The van der Waals surface area contributed by atoms with Gasteiger partial charge < -0.3 is 5.32 Å². The maximum absolute atomic E-state index is 13.5. The molecule has 0 heterocycles. The Kier molecular flexibility index (Phi) is 3.99. The summed E-state index contributed by atoms with van der Waals surface area (Å²) in [5, 5.41) is 3.20. The number of hydrogen-bond donors (Lipinski definition) is 1. The van der Waals surface area contributed by atoms with E-state index in [4.69, 9.17) is 0 Å². The third-order valence-corrected chi connectivity index (χ3v) is 3.57. The third-order valence-electron chi connectivity index (χ3n) is 2.91. The molecule has 0 radical (unpaired) electrons. The summed E-state index contributed by atoms with van der Waals surface area (Å²) in [5.41, 5.74) is 0.581. The van der Waals surface area contributed by atoms with Crippen LogP contribution in [-0.2, 0) is 0 Å². The number of para-hydroxylation sites is 1. The van der Waals surface area contributed by atoms with Crippen LogP contribution in [0.5, 0.6) is 0 Å². The lowest BCUT2D eigenvalue weighted by Crippen LogP contribution is -2.16. The lowest BCUT2D eigenvalue weighted by Gasteiger charge is -2.19. The fourth-order valence-electron chi connectivity index (χ4n) is 1.95. The SMILES string of the molecule is Fc1cccc(Br)c1NCC1CC=CCC1. The minimum absolute atomic E-state index is 0.194. The zero-order valence-electron chi connectivity index (χ0n) is 9.05. The van der Waals surface area contributed by atoms with Crippen molar-refractivity contribution in [2.75, 3.05) is 11.9 Å². The number of halogens is 2. The van der Waals surface area contributed by atoms with Crippen LogP contribution in [0.1, 0.15) is 19.3 Å². The number of rotatable bonds is 3. The van der Waals surface area contributed by atoms with Gasteiger partial charge in [-0.25, -0.2) is 4.39 Å². The molecule has 0 aromatic heterocycles. The zero-order valence-corrected chi connectivity index (χ0v) is 10.6. The Morgan fingerprint density at radius 3 is 2.94 bits per heavy atom. The van der Waals surface area contributed by atoms with Crippen molar-refractivity contribution in [3.8, 4) is 0 Å². The van der Waals surface area contributed by atoms with E-state index < -0.39 is 0 Å². The van der Waals surface area contributed by atoms with E-state index in [0.717, 1.165) is 23.9 Å². The summed E-state index contributed by atoms with van der Waals surface area (Å²) >= 11 is 3.36. The largest absolute Gasteiger partial charge is 0.381 e. The van der Waals surface area contributed by atoms with Gasteiger partial charge in [0.1, 0.15) is 5.82 Å². The van der Waals surface area contributed by atoms with Crippen molar-refractivity contribution in [1.82, 2.24) is 0 Å². The Bertz CT molecular complexity index is 369. The van der Waals surface area contributed by atoms with E-state index in [2.05, 4.69) is 33.4 Å². The van der Waals surface area contributed by atoms with Crippen LogP contribution >= 0.6 is 15.9 Å². The van der Waals surface area contributed by atoms with Gasteiger partial charge in [-0.2, -0.15) is 0 Å². The first-order valence-corrected chi connectivity index (χ1v) is 6.39. The summed E-state index contributed by atoms with van der Waals surface area (Å²) in [4.78, 5) is 0. The van der Waals surface area contributed by atoms with Gasteiger partial charge >= 0.3 is 0 Å². The molecule has 0 spiro atoms. The van der Waals surface area contributed by atoms with Crippen molar-refractivity contribution in [2.45, 2.75) is 19.3 Å². The van der Waals surface area contributed by atoms with Gasteiger partial charge in [0.25, 0.3) is 0 Å². The molecule has 1 aromatic carbocycles. The zero-order chi connectivity index (χ0) is 11.4. The fraction of sp³-hybridized carbons (Fsp3) is 0.385. The normalized spacial score (nSPS) is 19.8. The predicted molar refractivity (Wildman–Crippen MR) is 69.1 cm³/mol. The fourth-order valence-corrected chi connectivity index (χ4v) is 2.44. The summed E-state index contributed by atoms with van der Waals surface area (Å²) < 4.78 is 14.3. The van der Waals surface area contributed by atoms with Crippen LogP contribution in [0.4, 0.5) is 10.1 Å². The molecule has 3 heteroatoms. The minimum atomic E-state index is -0.194. The molecular weight excluding hydrogens is 269 g/mol. The van der Waals surface area contributed by atoms with Crippen LogP contribution in [-0.4, -0.2) is 6.54 Å². The standard InChI is InChI=1S/C13H15BrFN/c14-11-7-4-8-12(15)13(11)16-9-10-5-2-1-3-6-10/h1-2,4,7-8,10,16H,3,5-6,9H2. The molecule has 1 nitrogen and oxygen atoms in total. The summed E-state index contributed by atoms with van der Waals surface area (Å²) in [7, 11) is 0. The first kappa shape index (κ1) is 11.6. The van der Waals surface area contributed by atoms with Crippen molar-refractivity contribution >= 4 is 21.6 Å². The average molecular weight is 284 g/mol. The highest BCUT2D eigenvalue weighted by molar-refractivity contribution is 9.10. The molecule has 1 aliphatic carbocycles. The Balaban J connectivity index is 1.96. The molecule has 1 aliphatic rings. The molecule has 0 saturated carbocycles. The van der Waals surface area contributed by atoms with Gasteiger partial charge in [-0.1, -0.05) is 18.2 Å². The second kappa shape index (κ2) is 5.48. The van der Waals surface area contributed by atoms with E-state index in [1.54, 1.807) is 6.07 Å². The molecule has 2 rings (SSSR count). The van der Waals surface area contributed by atoms with Crippen LogP contribution < -0.4 is 5.32 Å². The maximum Gasteiger partial charge on any atom is 0.147 e. The van der Waals surface area contributed by atoms with Gasteiger partial charge in [-0.3, -0.25) is 0 Å². The lowest BCUT2D eigenvalue weighted by atomic mass is 9.94. The van der Waals surface area contributed by atoms with Crippen LogP contribution in [0, 0.1) is 11.7 Å². The van der Waals surface area contributed by atoms with E-state index in [9.17, 15) is 4.39 Å². The first-order valence-electron chi connectivity index (χ1n) is 5.60. The lowest BCUT2D eigenvalue weighted by molar-refractivity contribution is 0.502. The Morgan fingerprint density at radius 2 is 2.25 bits per heavy atom. The Morgan fingerprint density at radius 1 is 1.38 bits per heavy atom. The highest BCUT2D eigenvalue weighted by atomic mass is 79.9. The highest BCUT2D eigenvalue weighted by Crippen LogP contribution is 2.26. The predicted octanol–water partition coefficient (Wildman–Crippen LogP) is 4.36. The van der Waals surface area contributed by atoms with E-state index in [-0.39, 0.29) is 5.82 Å². The minimum Gasteiger partial charge on any atom is -0.381 e. The van der Waals surface area contributed by atoms with Crippen molar-refractivity contribution in [3.63, 3.8) is 0 Å². The number of benzene rings is 1. The van der Waals surface area contributed by atoms with Crippen molar-refractivity contribution in [1.29, 1.82) is 0 Å². The summed E-state index contributed by atoms with van der Waals surface area (Å²) in [5.74, 6) is 0.428. The topological polar surface area (TPSA) is 12.0 Å². The Labute approximate surface area is 104 Å². The van der Waals surface area contributed by atoms with Crippen molar-refractivity contribution in [3.05, 3.63) is 40.6 Å². The van der Waals surface area contributed by atoms with Crippen molar-refractivity contribution < 1.29 is 4.39 Å². The van der Waals surface area contributed by atoms with Crippen LogP contribution in [0.2, 0.25) is 0 Å². The van der Waals surface area contributed by atoms with Crippen LogP contribution in [0.15, 0.2) is 34.8 Å². The first-order chi connectivity index (χ1) is 7.77. The number of allylic oxidation sites excluding steroid dienone is 2.